The van der Waals surface area contributed by atoms with Crippen molar-refractivity contribution in [2.24, 2.45) is 82.9 Å². The average molecular weight is 443 g/mol. The van der Waals surface area contributed by atoms with Crippen LogP contribution in [-0.2, 0) is 14.3 Å². The Morgan fingerprint density at radius 3 is 2.03 bits per heavy atom. The van der Waals surface area contributed by atoms with E-state index in [-0.39, 0.29) is 24.6 Å². The molecule has 32 heavy (non-hydrogen) atoms. The van der Waals surface area contributed by atoms with Crippen LogP contribution in [0.2, 0.25) is 0 Å². The number of carbonyl (C=O) groups excluding carboxylic acids is 1. The summed E-state index contributed by atoms with van der Waals surface area (Å²) < 4.78 is 12.4. The van der Waals surface area contributed by atoms with Gasteiger partial charge >= 0.3 is 5.97 Å². The summed E-state index contributed by atoms with van der Waals surface area (Å²) in [6.07, 6.45) is 9.45. The van der Waals surface area contributed by atoms with E-state index in [4.69, 9.17) is 9.47 Å². The summed E-state index contributed by atoms with van der Waals surface area (Å²) in [5.41, 5.74) is 0. The lowest BCUT2D eigenvalue weighted by Crippen LogP contribution is -2.52. The second-order valence-corrected chi connectivity index (χ2v) is 13.3. The summed E-state index contributed by atoms with van der Waals surface area (Å²) in [4.78, 5) is 13.9. The summed E-state index contributed by atoms with van der Waals surface area (Å²) in [6, 6.07) is 0. The molecule has 8 aliphatic carbocycles. The molecule has 0 heterocycles. The fraction of sp³-hybridized carbons (Fsp3) is 0.964. The number of aliphatic hydroxyl groups is 1. The Morgan fingerprint density at radius 1 is 0.812 bits per heavy atom. The van der Waals surface area contributed by atoms with Crippen LogP contribution in [-0.4, -0.2) is 37.0 Å². The van der Waals surface area contributed by atoms with Gasteiger partial charge in [-0.25, -0.2) is 0 Å². The van der Waals surface area contributed by atoms with Crippen LogP contribution < -0.4 is 0 Å². The minimum Gasteiger partial charge on any atom is -0.462 e. The van der Waals surface area contributed by atoms with Crippen LogP contribution in [0, 0.1) is 82.9 Å². The van der Waals surface area contributed by atoms with Crippen molar-refractivity contribution >= 4 is 5.97 Å². The maximum Gasteiger partial charge on any atom is 0.309 e. The molecule has 8 fully saturated rings. The van der Waals surface area contributed by atoms with Gasteiger partial charge in [0.2, 0.25) is 0 Å². The molecule has 0 amide bonds. The molecule has 8 saturated carbocycles. The Bertz CT molecular complexity index is 737. The van der Waals surface area contributed by atoms with E-state index in [1.54, 1.807) is 0 Å². The molecule has 0 aromatic rings. The number of ether oxygens (including phenoxy) is 2. The molecule has 178 valence electrons. The number of hydrogen-bond donors (Lipinski definition) is 1. The SMILES string of the molecule is CC1C(C)C2CC1C1C3CC(C(C(=O)OC4C5CC6CC(C5)CC4C6)C3COCCO)C21. The molecule has 10 atom stereocenters. The van der Waals surface area contributed by atoms with Crippen LogP contribution >= 0.6 is 0 Å². The minimum absolute atomic E-state index is 0.0407. The quantitative estimate of drug-likeness (QED) is 0.376. The highest BCUT2D eigenvalue weighted by atomic mass is 16.5. The van der Waals surface area contributed by atoms with E-state index in [9.17, 15) is 9.90 Å². The standard InChI is InChI=1S/C28H42O4/c1-13-14(2)20-10-19(13)24-21-11-22(25(20)24)26(23(21)12-31-4-3-29)28(30)32-27-17-6-15-5-16(8-17)9-18(27)7-15/h13-27,29H,3-12H2,1-2H3. The fourth-order valence-corrected chi connectivity index (χ4v) is 11.5. The van der Waals surface area contributed by atoms with E-state index in [0.717, 1.165) is 47.3 Å². The lowest BCUT2D eigenvalue weighted by atomic mass is 9.55. The van der Waals surface area contributed by atoms with Gasteiger partial charge in [-0.2, -0.15) is 0 Å². The van der Waals surface area contributed by atoms with Crippen LogP contribution in [0.15, 0.2) is 0 Å². The van der Waals surface area contributed by atoms with Crippen molar-refractivity contribution in [3.8, 4) is 0 Å². The van der Waals surface area contributed by atoms with Gasteiger partial charge < -0.3 is 14.6 Å². The molecule has 0 saturated heterocycles. The van der Waals surface area contributed by atoms with Crippen molar-refractivity contribution < 1.29 is 19.4 Å². The van der Waals surface area contributed by atoms with E-state index in [1.165, 1.54) is 44.9 Å². The topological polar surface area (TPSA) is 55.8 Å². The van der Waals surface area contributed by atoms with E-state index in [2.05, 4.69) is 13.8 Å². The molecule has 0 aliphatic heterocycles. The van der Waals surface area contributed by atoms with Crippen molar-refractivity contribution in [1.82, 2.24) is 0 Å². The van der Waals surface area contributed by atoms with Crippen LogP contribution in [0.1, 0.15) is 58.8 Å². The molecular formula is C28H42O4. The fourth-order valence-electron chi connectivity index (χ4n) is 11.5. The largest absolute Gasteiger partial charge is 0.462 e. The van der Waals surface area contributed by atoms with Crippen LogP contribution in [0.5, 0.6) is 0 Å². The molecule has 8 aliphatic rings. The van der Waals surface area contributed by atoms with E-state index in [1.807, 2.05) is 0 Å². The Labute approximate surface area is 193 Å². The first-order valence-corrected chi connectivity index (χ1v) is 13.9. The van der Waals surface area contributed by atoms with Crippen LogP contribution in [0.4, 0.5) is 0 Å². The Balaban J connectivity index is 1.13. The van der Waals surface area contributed by atoms with Crippen molar-refractivity contribution in [2.75, 3.05) is 19.8 Å². The van der Waals surface area contributed by atoms with Crippen molar-refractivity contribution in [3.05, 3.63) is 0 Å². The van der Waals surface area contributed by atoms with Gasteiger partial charge in [0.15, 0.2) is 0 Å². The summed E-state index contributed by atoms with van der Waals surface area (Å²) >= 11 is 0. The van der Waals surface area contributed by atoms with Crippen LogP contribution in [0.25, 0.3) is 0 Å². The summed E-state index contributed by atoms with van der Waals surface area (Å²) in [7, 11) is 0. The molecule has 0 radical (unpaired) electrons. The summed E-state index contributed by atoms with van der Waals surface area (Å²) in [5.74, 6) is 9.60. The van der Waals surface area contributed by atoms with Gasteiger partial charge in [-0.15, -0.1) is 0 Å². The Kier molecular flexibility index (Phi) is 4.82. The van der Waals surface area contributed by atoms with Crippen molar-refractivity contribution in [1.29, 1.82) is 0 Å². The van der Waals surface area contributed by atoms with E-state index in [0.29, 0.717) is 42.8 Å². The normalized spacial score (nSPS) is 58.5. The molecule has 4 nitrogen and oxygen atoms in total. The monoisotopic (exact) mass is 442 g/mol. The van der Waals surface area contributed by atoms with Crippen LogP contribution in [0.3, 0.4) is 0 Å². The lowest BCUT2D eigenvalue weighted by Gasteiger charge is -2.54. The van der Waals surface area contributed by atoms with E-state index >= 15 is 0 Å². The molecule has 1 N–H and O–H groups in total. The van der Waals surface area contributed by atoms with Gasteiger partial charge in [0, 0.05) is 0 Å². The number of esters is 1. The number of rotatable bonds is 6. The predicted octanol–water partition coefficient (Wildman–Crippen LogP) is 4.40. The summed E-state index contributed by atoms with van der Waals surface area (Å²) in [5, 5.41) is 9.26. The van der Waals surface area contributed by atoms with Gasteiger partial charge in [0.1, 0.15) is 6.10 Å². The highest BCUT2D eigenvalue weighted by molar-refractivity contribution is 5.74. The van der Waals surface area contributed by atoms with Gasteiger partial charge in [-0.1, -0.05) is 13.8 Å². The zero-order chi connectivity index (χ0) is 21.7. The maximum atomic E-state index is 13.9. The second kappa shape index (κ2) is 7.44. The zero-order valence-electron chi connectivity index (χ0n) is 19.9. The molecule has 8 rings (SSSR count). The molecule has 4 heteroatoms. The number of aliphatic hydroxyl groups excluding tert-OH is 1. The molecule has 8 bridgehead atoms. The van der Waals surface area contributed by atoms with Crippen molar-refractivity contribution in [3.63, 3.8) is 0 Å². The number of hydrogen-bond acceptors (Lipinski definition) is 4. The average Bonchev–Trinajstić information content (AvgIpc) is 3.49. The predicted molar refractivity (Wildman–Crippen MR) is 120 cm³/mol. The first-order valence-electron chi connectivity index (χ1n) is 13.9. The Morgan fingerprint density at radius 2 is 1.41 bits per heavy atom. The first-order chi connectivity index (χ1) is 15.5. The molecule has 0 spiro atoms. The molecule has 10 unspecified atom stereocenters. The van der Waals surface area contributed by atoms with Gasteiger partial charge in [0.05, 0.1) is 25.7 Å². The molecular weight excluding hydrogens is 400 g/mol. The molecule has 0 aromatic heterocycles. The Hall–Kier alpha value is -0.610. The molecule has 0 aromatic carbocycles. The maximum absolute atomic E-state index is 13.9. The minimum atomic E-state index is 0.0407. The summed E-state index contributed by atoms with van der Waals surface area (Å²) in [6.45, 7) is 6.04. The zero-order valence-corrected chi connectivity index (χ0v) is 19.9. The third-order valence-electron chi connectivity index (χ3n) is 12.4. The lowest BCUT2D eigenvalue weighted by molar-refractivity contribution is -0.182. The smallest absolute Gasteiger partial charge is 0.309 e. The number of carbonyl (C=O) groups is 1. The van der Waals surface area contributed by atoms with E-state index < -0.39 is 0 Å². The van der Waals surface area contributed by atoms with Gasteiger partial charge in [0.25, 0.3) is 0 Å². The highest BCUT2D eigenvalue weighted by Crippen LogP contribution is 2.72. The highest BCUT2D eigenvalue weighted by Gasteiger charge is 2.70. The third-order valence-corrected chi connectivity index (χ3v) is 12.4. The van der Waals surface area contributed by atoms with Gasteiger partial charge in [-0.3, -0.25) is 4.79 Å². The van der Waals surface area contributed by atoms with Crippen molar-refractivity contribution in [2.45, 2.75) is 64.9 Å². The number of fused-ring (bicyclic) bond motifs is 9. The third kappa shape index (κ3) is 2.78. The van der Waals surface area contributed by atoms with Gasteiger partial charge in [-0.05, 0) is 122 Å². The first kappa shape index (κ1) is 20.7. The second-order valence-electron chi connectivity index (χ2n) is 13.3.